The van der Waals surface area contributed by atoms with Crippen molar-refractivity contribution in [3.63, 3.8) is 0 Å². The van der Waals surface area contributed by atoms with E-state index >= 15 is 0 Å². The largest absolute Gasteiger partial charge is 0.465 e. The van der Waals surface area contributed by atoms with Crippen LogP contribution in [0.15, 0.2) is 54.1 Å². The molecule has 4 amide bonds. The van der Waals surface area contributed by atoms with Gasteiger partial charge in [0.1, 0.15) is 5.57 Å². The van der Waals surface area contributed by atoms with Crippen molar-refractivity contribution >= 4 is 35.6 Å². The monoisotopic (exact) mass is 485 g/mol. The second-order valence-electron chi connectivity index (χ2n) is 8.63. The van der Waals surface area contributed by atoms with Gasteiger partial charge < -0.3 is 9.30 Å². The predicted molar refractivity (Wildman–Crippen MR) is 136 cm³/mol. The van der Waals surface area contributed by atoms with Crippen LogP contribution in [0.5, 0.6) is 0 Å². The summed E-state index contributed by atoms with van der Waals surface area (Å²) in [6.07, 6.45) is 2.32. The molecule has 0 unspecified atom stereocenters. The van der Waals surface area contributed by atoms with Crippen LogP contribution in [-0.2, 0) is 20.7 Å². The molecule has 0 aliphatic carbocycles. The average molecular weight is 486 g/mol. The van der Waals surface area contributed by atoms with Gasteiger partial charge in [0.25, 0.3) is 11.8 Å². The number of rotatable bonds is 5. The number of ether oxygens (including phenoxy) is 1. The van der Waals surface area contributed by atoms with Crippen LogP contribution in [0.4, 0.5) is 10.5 Å². The number of methoxy groups -OCH3 is 1. The summed E-state index contributed by atoms with van der Waals surface area (Å²) in [5, 5.41) is 2.27. The summed E-state index contributed by atoms with van der Waals surface area (Å²) < 4.78 is 6.80. The molecular weight excluding hydrogens is 458 g/mol. The highest BCUT2D eigenvalue weighted by Gasteiger charge is 2.37. The van der Waals surface area contributed by atoms with Gasteiger partial charge in [0, 0.05) is 17.1 Å². The lowest BCUT2D eigenvalue weighted by Crippen LogP contribution is -2.54. The number of urea groups is 1. The quantitative estimate of drug-likeness (QED) is 0.328. The Morgan fingerprint density at radius 3 is 2.33 bits per heavy atom. The van der Waals surface area contributed by atoms with E-state index in [-0.39, 0.29) is 5.57 Å². The highest BCUT2D eigenvalue weighted by Crippen LogP contribution is 2.28. The lowest BCUT2D eigenvalue weighted by atomic mass is 10.1. The minimum Gasteiger partial charge on any atom is -0.465 e. The van der Waals surface area contributed by atoms with E-state index in [1.807, 2.05) is 56.5 Å². The number of esters is 1. The molecule has 1 aromatic heterocycles. The molecule has 1 aliphatic rings. The van der Waals surface area contributed by atoms with Gasteiger partial charge in [-0.3, -0.25) is 14.9 Å². The minimum absolute atomic E-state index is 0.144. The van der Waals surface area contributed by atoms with E-state index in [1.54, 1.807) is 24.3 Å². The summed E-state index contributed by atoms with van der Waals surface area (Å²) in [7, 11) is 1.33. The Morgan fingerprint density at radius 2 is 1.69 bits per heavy atom. The zero-order chi connectivity index (χ0) is 26.1. The van der Waals surface area contributed by atoms with Gasteiger partial charge in [0.05, 0.1) is 18.4 Å². The first kappa shape index (κ1) is 24.7. The number of carbonyl (C=O) groups is 4. The molecule has 0 saturated carbocycles. The molecule has 4 rings (SSSR count). The fourth-order valence-electron chi connectivity index (χ4n) is 4.33. The fourth-order valence-corrected chi connectivity index (χ4v) is 4.33. The number of nitrogens with zero attached hydrogens (tertiary/aromatic N) is 2. The number of aromatic nitrogens is 1. The number of benzene rings is 2. The highest BCUT2D eigenvalue weighted by molar-refractivity contribution is 6.39. The molecule has 8 heteroatoms. The maximum absolute atomic E-state index is 13.3. The number of carbonyl (C=O) groups excluding carboxylic acids is 4. The Balaban J connectivity index is 1.76. The molecule has 0 atom stereocenters. The topological polar surface area (TPSA) is 97.7 Å². The number of anilines is 1. The van der Waals surface area contributed by atoms with Gasteiger partial charge in [0.2, 0.25) is 0 Å². The molecule has 184 valence electrons. The number of nitrogens with one attached hydrogen (secondary N) is 1. The molecular formula is C28H27N3O5. The van der Waals surface area contributed by atoms with Gasteiger partial charge in [-0.05, 0) is 80.3 Å². The van der Waals surface area contributed by atoms with Crippen molar-refractivity contribution in [1.29, 1.82) is 0 Å². The lowest BCUT2D eigenvalue weighted by molar-refractivity contribution is -0.122. The number of hydrogen-bond acceptors (Lipinski definition) is 5. The molecule has 3 aromatic rings. The van der Waals surface area contributed by atoms with Gasteiger partial charge in [-0.25, -0.2) is 14.5 Å². The summed E-state index contributed by atoms with van der Waals surface area (Å²) in [5.41, 5.74) is 5.68. The predicted octanol–water partition coefficient (Wildman–Crippen LogP) is 4.42. The summed E-state index contributed by atoms with van der Waals surface area (Å²) in [4.78, 5) is 51.5. The number of amides is 4. The molecule has 0 spiro atoms. The van der Waals surface area contributed by atoms with E-state index in [4.69, 9.17) is 4.74 Å². The maximum Gasteiger partial charge on any atom is 0.337 e. The SMILES string of the molecule is CCc1ccc(N2C(=O)NC(=O)/C(=C/c3cc(C)n(-c4cc(C(=O)OC)ccc4C)c3C)C2=O)cc1. The van der Waals surface area contributed by atoms with E-state index in [0.29, 0.717) is 16.8 Å². The first-order valence-corrected chi connectivity index (χ1v) is 11.5. The lowest BCUT2D eigenvalue weighted by Gasteiger charge is -2.26. The third kappa shape index (κ3) is 4.33. The normalized spacial score (nSPS) is 14.9. The molecule has 8 nitrogen and oxygen atoms in total. The number of hydrogen-bond donors (Lipinski definition) is 1. The Bertz CT molecular complexity index is 1430. The number of barbiturate groups is 1. The van der Waals surface area contributed by atoms with Crippen molar-refractivity contribution in [2.75, 3.05) is 12.0 Å². The van der Waals surface area contributed by atoms with Crippen LogP contribution in [0.1, 0.15) is 45.4 Å². The van der Waals surface area contributed by atoms with E-state index < -0.39 is 23.8 Å². The third-order valence-corrected chi connectivity index (χ3v) is 6.35. The van der Waals surface area contributed by atoms with Crippen LogP contribution >= 0.6 is 0 Å². The highest BCUT2D eigenvalue weighted by atomic mass is 16.5. The molecule has 2 aromatic carbocycles. The summed E-state index contributed by atoms with van der Waals surface area (Å²) in [6, 6.07) is 13.4. The Morgan fingerprint density at radius 1 is 1.00 bits per heavy atom. The molecule has 1 aliphatic heterocycles. The van der Waals surface area contributed by atoms with E-state index in [0.717, 1.165) is 39.5 Å². The van der Waals surface area contributed by atoms with Gasteiger partial charge >= 0.3 is 12.0 Å². The molecule has 1 N–H and O–H groups in total. The van der Waals surface area contributed by atoms with Crippen LogP contribution in [-0.4, -0.2) is 35.5 Å². The van der Waals surface area contributed by atoms with E-state index in [9.17, 15) is 19.2 Å². The first-order valence-electron chi connectivity index (χ1n) is 11.5. The van der Waals surface area contributed by atoms with Crippen molar-refractivity contribution in [1.82, 2.24) is 9.88 Å². The Hall–Kier alpha value is -4.46. The van der Waals surface area contributed by atoms with Gasteiger partial charge in [-0.2, -0.15) is 0 Å². The summed E-state index contributed by atoms with van der Waals surface area (Å²) in [6.45, 7) is 7.70. The Kier molecular flexibility index (Phi) is 6.61. The van der Waals surface area contributed by atoms with E-state index in [2.05, 4.69) is 5.32 Å². The molecule has 0 radical (unpaired) electrons. The molecule has 0 bridgehead atoms. The van der Waals surface area contributed by atoms with Crippen molar-refractivity contribution in [3.8, 4) is 5.69 Å². The third-order valence-electron chi connectivity index (χ3n) is 6.35. The summed E-state index contributed by atoms with van der Waals surface area (Å²) in [5.74, 6) is -1.89. The number of aryl methyl sites for hydroxylation is 3. The molecule has 2 heterocycles. The average Bonchev–Trinajstić information content (AvgIpc) is 3.14. The molecule has 1 fully saturated rings. The van der Waals surface area contributed by atoms with Crippen molar-refractivity contribution in [2.45, 2.75) is 34.1 Å². The smallest absolute Gasteiger partial charge is 0.337 e. The van der Waals surface area contributed by atoms with Crippen LogP contribution < -0.4 is 10.2 Å². The standard InChI is InChI=1S/C28H27N3O5/c1-6-19-8-11-22(12-9-19)31-26(33)23(25(32)29-28(31)35)14-21-13-17(3)30(18(21)4)24-15-20(27(34)36-5)10-7-16(24)2/h7-15H,6H2,1-5H3,(H,29,32,35)/b23-14-. The maximum atomic E-state index is 13.3. The van der Waals surface area contributed by atoms with Crippen molar-refractivity contribution in [2.24, 2.45) is 0 Å². The second-order valence-corrected chi connectivity index (χ2v) is 8.63. The van der Waals surface area contributed by atoms with Crippen LogP contribution in [0.3, 0.4) is 0 Å². The molecule has 36 heavy (non-hydrogen) atoms. The fraction of sp³-hybridized carbons (Fsp3) is 0.214. The van der Waals surface area contributed by atoms with Crippen molar-refractivity contribution in [3.05, 3.63) is 87.7 Å². The van der Waals surface area contributed by atoms with Crippen LogP contribution in [0.2, 0.25) is 0 Å². The van der Waals surface area contributed by atoms with Gasteiger partial charge in [0.15, 0.2) is 0 Å². The van der Waals surface area contributed by atoms with E-state index in [1.165, 1.54) is 13.2 Å². The van der Waals surface area contributed by atoms with Gasteiger partial charge in [-0.15, -0.1) is 0 Å². The van der Waals surface area contributed by atoms with Crippen LogP contribution in [0, 0.1) is 20.8 Å². The number of imide groups is 2. The summed E-state index contributed by atoms with van der Waals surface area (Å²) >= 11 is 0. The first-order chi connectivity index (χ1) is 17.2. The van der Waals surface area contributed by atoms with Crippen molar-refractivity contribution < 1.29 is 23.9 Å². The zero-order valence-electron chi connectivity index (χ0n) is 20.8. The zero-order valence-corrected chi connectivity index (χ0v) is 20.8. The Labute approximate surface area is 209 Å². The minimum atomic E-state index is -0.785. The van der Waals surface area contributed by atoms with Gasteiger partial charge in [-0.1, -0.05) is 25.1 Å². The second kappa shape index (κ2) is 9.65. The molecule has 1 saturated heterocycles. The van der Waals surface area contributed by atoms with Crippen LogP contribution in [0.25, 0.3) is 11.8 Å².